The first-order chi connectivity index (χ1) is 21.8. The molecule has 11 heteroatoms. The van der Waals surface area contributed by atoms with Crippen LogP contribution in [0.2, 0.25) is 0 Å². The van der Waals surface area contributed by atoms with Gasteiger partial charge in [0.15, 0.2) is 5.65 Å². The molecule has 3 heterocycles. The Morgan fingerprint density at radius 2 is 1.93 bits per heavy atom. The van der Waals surface area contributed by atoms with E-state index in [-0.39, 0.29) is 37.9 Å². The molecule has 1 fully saturated rings. The Balaban J connectivity index is 1.56. The van der Waals surface area contributed by atoms with Crippen LogP contribution in [0, 0.1) is 5.82 Å². The van der Waals surface area contributed by atoms with Crippen LogP contribution >= 0.6 is 0 Å². The third-order valence-corrected chi connectivity index (χ3v) is 8.20. The van der Waals surface area contributed by atoms with Crippen LogP contribution in [-0.2, 0) is 40.4 Å². The maximum Gasteiger partial charge on any atom is 0.223 e. The van der Waals surface area contributed by atoms with Crippen LogP contribution in [0.5, 0.6) is 0 Å². The second-order valence-electron chi connectivity index (χ2n) is 11.3. The molecule has 2 aromatic heterocycles. The second-order valence-corrected chi connectivity index (χ2v) is 11.3. The van der Waals surface area contributed by atoms with Gasteiger partial charge in [0.05, 0.1) is 17.3 Å². The van der Waals surface area contributed by atoms with Gasteiger partial charge in [-0.2, -0.15) is 5.10 Å². The van der Waals surface area contributed by atoms with Crippen molar-refractivity contribution in [2.45, 2.75) is 71.6 Å². The molecule has 0 bridgehead atoms. The van der Waals surface area contributed by atoms with Gasteiger partial charge >= 0.3 is 0 Å². The molecule has 4 aromatic rings. The molecule has 0 aliphatic carbocycles. The molecule has 2 amide bonds. The third kappa shape index (κ3) is 7.37. The number of amides is 2. The summed E-state index contributed by atoms with van der Waals surface area (Å²) in [5.41, 5.74) is 10.8. The van der Waals surface area contributed by atoms with Crippen molar-refractivity contribution in [3.63, 3.8) is 0 Å². The monoisotopic (exact) mass is 614 g/mol. The number of aldehydes is 1. The first-order valence-electron chi connectivity index (χ1n) is 15.4. The summed E-state index contributed by atoms with van der Waals surface area (Å²) < 4.78 is 22.5. The summed E-state index contributed by atoms with van der Waals surface area (Å²) in [4.78, 5) is 43.4. The summed E-state index contributed by atoms with van der Waals surface area (Å²) in [6.45, 7) is 6.40. The summed E-state index contributed by atoms with van der Waals surface area (Å²) in [7, 11) is 0. The van der Waals surface area contributed by atoms with Crippen LogP contribution in [0.4, 0.5) is 10.1 Å². The minimum absolute atomic E-state index is 0.0572. The minimum atomic E-state index is -0.561. The molecule has 236 valence electrons. The zero-order valence-corrected chi connectivity index (χ0v) is 25.7. The molecule has 0 saturated carbocycles. The quantitative estimate of drug-likeness (QED) is 0.202. The summed E-state index contributed by atoms with van der Waals surface area (Å²) in [6, 6.07) is 11.6. The van der Waals surface area contributed by atoms with Crippen molar-refractivity contribution < 1.29 is 23.5 Å². The van der Waals surface area contributed by atoms with Crippen molar-refractivity contribution in [3.8, 4) is 11.1 Å². The number of halogens is 1. The maximum absolute atomic E-state index is 15.0. The van der Waals surface area contributed by atoms with Crippen LogP contribution < -0.4 is 11.1 Å². The molecule has 0 unspecified atom stereocenters. The lowest BCUT2D eigenvalue weighted by Gasteiger charge is -2.29. The highest BCUT2D eigenvalue weighted by Gasteiger charge is 2.25. The lowest BCUT2D eigenvalue weighted by Crippen LogP contribution is -2.33. The highest BCUT2D eigenvalue weighted by Crippen LogP contribution is 2.33. The number of benzene rings is 2. The Morgan fingerprint density at radius 1 is 1.13 bits per heavy atom. The molecule has 0 spiro atoms. The average molecular weight is 615 g/mol. The number of carbonyl (C=O) groups excluding carboxylic acids is 3. The molecule has 3 N–H and O–H groups in total. The van der Waals surface area contributed by atoms with Crippen molar-refractivity contribution in [3.05, 3.63) is 76.9 Å². The van der Waals surface area contributed by atoms with E-state index in [4.69, 9.17) is 15.5 Å². The van der Waals surface area contributed by atoms with E-state index in [2.05, 4.69) is 10.4 Å². The van der Waals surface area contributed by atoms with Crippen molar-refractivity contribution in [1.82, 2.24) is 19.7 Å². The van der Waals surface area contributed by atoms with Gasteiger partial charge in [-0.25, -0.2) is 14.1 Å². The number of anilines is 1. The zero-order valence-electron chi connectivity index (χ0n) is 25.7. The lowest BCUT2D eigenvalue weighted by molar-refractivity contribution is -0.134. The highest BCUT2D eigenvalue weighted by molar-refractivity contribution is 5.92. The number of rotatable bonds is 13. The fraction of sp³-hybridized carbons (Fsp3) is 0.382. The maximum atomic E-state index is 15.0. The van der Waals surface area contributed by atoms with Crippen molar-refractivity contribution in [1.29, 1.82) is 0 Å². The highest BCUT2D eigenvalue weighted by atomic mass is 19.1. The van der Waals surface area contributed by atoms with Gasteiger partial charge in [0.2, 0.25) is 11.8 Å². The Hall–Kier alpha value is -4.64. The number of nitrogens with one attached hydrogen (secondary N) is 1. The largest absolute Gasteiger partial charge is 0.381 e. The predicted octanol–water partition coefficient (Wildman–Crippen LogP) is 5.02. The molecule has 2 aromatic carbocycles. The minimum Gasteiger partial charge on any atom is -0.381 e. The molecule has 10 nitrogen and oxygen atoms in total. The Kier molecular flexibility index (Phi) is 10.2. The van der Waals surface area contributed by atoms with E-state index in [0.717, 1.165) is 47.1 Å². The summed E-state index contributed by atoms with van der Waals surface area (Å²) in [5.74, 6) is -1.26. The van der Waals surface area contributed by atoms with Gasteiger partial charge in [0.1, 0.15) is 12.1 Å². The number of carbonyl (C=O) groups is 3. The van der Waals surface area contributed by atoms with Crippen molar-refractivity contribution in [2.24, 2.45) is 5.73 Å². The van der Waals surface area contributed by atoms with E-state index < -0.39 is 11.7 Å². The van der Waals surface area contributed by atoms with E-state index in [9.17, 15) is 14.4 Å². The first-order valence-corrected chi connectivity index (χ1v) is 15.4. The van der Waals surface area contributed by atoms with Gasteiger partial charge < -0.3 is 20.7 Å². The van der Waals surface area contributed by atoms with Crippen LogP contribution in [0.1, 0.15) is 66.7 Å². The third-order valence-electron chi connectivity index (χ3n) is 8.20. The van der Waals surface area contributed by atoms with Crippen LogP contribution in [0.3, 0.4) is 0 Å². The molecule has 1 saturated heterocycles. The summed E-state index contributed by atoms with van der Waals surface area (Å²) >= 11 is 0. The molecule has 1 aliphatic heterocycles. The fourth-order valence-corrected chi connectivity index (χ4v) is 5.78. The number of aryl methyl sites for hydroxylation is 2. The lowest BCUT2D eigenvalue weighted by atomic mass is 9.99. The molecular formula is C34H39FN6O4. The number of ether oxygens (including phenoxy) is 1. The van der Waals surface area contributed by atoms with Crippen LogP contribution in [-0.4, -0.2) is 57.0 Å². The number of pyridine rings is 1. The Labute approximate surface area is 261 Å². The van der Waals surface area contributed by atoms with Crippen molar-refractivity contribution in [2.75, 3.05) is 18.5 Å². The Morgan fingerprint density at radius 3 is 2.64 bits per heavy atom. The SMILES string of the molecule is CCc1nc2c(cnn2CC)c(NC2CCOCC2)c1CN(Cc1ccc(F)c(-c2cccc(C=O)c2)c1)C(=O)CCC(N)=O. The number of aromatic nitrogens is 3. The van der Waals surface area contributed by atoms with Gasteiger partial charge in [0.25, 0.3) is 0 Å². The van der Waals surface area contributed by atoms with E-state index in [1.54, 1.807) is 41.3 Å². The van der Waals surface area contributed by atoms with Crippen LogP contribution in [0.15, 0.2) is 48.7 Å². The summed E-state index contributed by atoms with van der Waals surface area (Å²) in [5, 5.41) is 9.20. The average Bonchev–Trinajstić information content (AvgIpc) is 3.48. The molecule has 1 aliphatic rings. The van der Waals surface area contributed by atoms with E-state index in [0.29, 0.717) is 48.4 Å². The van der Waals surface area contributed by atoms with Gasteiger partial charge in [-0.05, 0) is 55.5 Å². The molecular weight excluding hydrogens is 575 g/mol. The number of hydrogen-bond donors (Lipinski definition) is 2. The van der Waals surface area contributed by atoms with E-state index in [1.165, 1.54) is 6.07 Å². The summed E-state index contributed by atoms with van der Waals surface area (Å²) in [6.07, 6.45) is 4.70. The van der Waals surface area contributed by atoms with Gasteiger partial charge in [-0.15, -0.1) is 0 Å². The standard InChI is InChI=1S/C34H39FN6O4/c1-3-30-28(33(38-25-12-14-45-15-13-25)27-18-37-41(4-2)34(27)39-30)20-40(32(44)11-10-31(36)43)19-22-8-9-29(35)26(17-22)24-7-5-6-23(16-24)21-42/h5-9,16-18,21,25H,3-4,10-15,19-20H2,1-2H3,(H2,36,43)(H,38,39). The van der Waals surface area contributed by atoms with E-state index >= 15 is 4.39 Å². The fourth-order valence-electron chi connectivity index (χ4n) is 5.78. The number of primary amides is 1. The van der Waals surface area contributed by atoms with E-state index in [1.807, 2.05) is 24.7 Å². The van der Waals surface area contributed by atoms with Gasteiger partial charge in [-0.1, -0.05) is 31.2 Å². The smallest absolute Gasteiger partial charge is 0.223 e. The zero-order chi connectivity index (χ0) is 31.9. The number of nitrogens with zero attached hydrogens (tertiary/aromatic N) is 4. The first kappa shape index (κ1) is 31.8. The molecule has 45 heavy (non-hydrogen) atoms. The predicted molar refractivity (Wildman–Crippen MR) is 170 cm³/mol. The van der Waals surface area contributed by atoms with Crippen molar-refractivity contribution >= 4 is 34.8 Å². The van der Waals surface area contributed by atoms with Gasteiger partial charge in [0, 0.05) is 74.1 Å². The molecule has 5 rings (SSSR count). The molecule has 0 radical (unpaired) electrons. The number of fused-ring (bicyclic) bond motifs is 1. The van der Waals surface area contributed by atoms with Crippen LogP contribution in [0.25, 0.3) is 22.2 Å². The normalized spacial score (nSPS) is 13.6. The molecule has 0 atom stereocenters. The number of hydrogen-bond acceptors (Lipinski definition) is 7. The topological polar surface area (TPSA) is 132 Å². The van der Waals surface area contributed by atoms with Gasteiger partial charge in [-0.3, -0.25) is 14.4 Å². The number of nitrogens with two attached hydrogens (primary N) is 1. The Bertz CT molecular complexity index is 1700. The second kappa shape index (κ2) is 14.4.